The van der Waals surface area contributed by atoms with Crippen molar-refractivity contribution in [1.82, 2.24) is 20.0 Å². The molecule has 7 nitrogen and oxygen atoms in total. The van der Waals surface area contributed by atoms with Crippen LogP contribution in [0.25, 0.3) is 5.69 Å². The van der Waals surface area contributed by atoms with Gasteiger partial charge in [0.2, 0.25) is 0 Å². The van der Waals surface area contributed by atoms with E-state index in [-0.39, 0.29) is 24.0 Å². The highest BCUT2D eigenvalue weighted by Crippen LogP contribution is 2.17. The summed E-state index contributed by atoms with van der Waals surface area (Å²) in [7, 11) is 1.70. The van der Waals surface area contributed by atoms with Crippen LogP contribution in [0.5, 0.6) is 0 Å². The first-order chi connectivity index (χ1) is 15.2. The van der Waals surface area contributed by atoms with Crippen LogP contribution in [0.1, 0.15) is 31.0 Å². The number of likely N-dealkylation sites (tertiary alicyclic amines) is 1. The molecule has 0 spiro atoms. The summed E-state index contributed by atoms with van der Waals surface area (Å²) in [6.07, 6.45) is 5.29. The van der Waals surface area contributed by atoms with E-state index >= 15 is 0 Å². The second-order valence-corrected chi connectivity index (χ2v) is 8.03. The number of hydrogen-bond acceptors (Lipinski definition) is 4. The van der Waals surface area contributed by atoms with Gasteiger partial charge in [0.1, 0.15) is 0 Å². The molecule has 1 N–H and O–H groups in total. The topological polar surface area (TPSA) is 63.9 Å². The van der Waals surface area contributed by atoms with E-state index in [0.717, 1.165) is 69.4 Å². The number of para-hydroxylation sites is 1. The van der Waals surface area contributed by atoms with Crippen LogP contribution in [0.4, 0.5) is 0 Å². The molecule has 1 aliphatic rings. The standard InChI is InChI=1S/C24H37N5O2.HI/c1-4-25-24(28-14-12-21(17-28)19-31-16-15-30-3)26-13-8-9-22-18-29(27-20(22)2)23-10-6-5-7-11-23;/h5-7,10-11,18,21H,4,8-9,12-17,19H2,1-3H3,(H,25,26);1H. The summed E-state index contributed by atoms with van der Waals surface area (Å²) >= 11 is 0. The fraction of sp³-hybridized carbons (Fsp3) is 0.583. The van der Waals surface area contributed by atoms with Crippen molar-refractivity contribution in [3.05, 3.63) is 47.8 Å². The number of aromatic nitrogens is 2. The number of ether oxygens (including phenoxy) is 2. The molecule has 1 aliphatic heterocycles. The zero-order chi connectivity index (χ0) is 21.9. The molecule has 1 unspecified atom stereocenters. The molecule has 0 bridgehead atoms. The first-order valence-electron chi connectivity index (χ1n) is 11.4. The second kappa shape index (κ2) is 14.5. The molecule has 1 atom stereocenters. The fourth-order valence-corrected chi connectivity index (χ4v) is 3.89. The van der Waals surface area contributed by atoms with Crippen molar-refractivity contribution in [1.29, 1.82) is 0 Å². The molecule has 1 aromatic heterocycles. The van der Waals surface area contributed by atoms with Gasteiger partial charge >= 0.3 is 0 Å². The van der Waals surface area contributed by atoms with Crippen molar-refractivity contribution in [3.8, 4) is 5.69 Å². The van der Waals surface area contributed by atoms with Gasteiger partial charge in [0, 0.05) is 45.4 Å². The summed E-state index contributed by atoms with van der Waals surface area (Å²) in [6.45, 7) is 10.1. The van der Waals surface area contributed by atoms with Crippen LogP contribution < -0.4 is 5.32 Å². The Morgan fingerprint density at radius 1 is 1.25 bits per heavy atom. The van der Waals surface area contributed by atoms with E-state index in [2.05, 4.69) is 47.5 Å². The van der Waals surface area contributed by atoms with Crippen molar-refractivity contribution >= 4 is 29.9 Å². The minimum absolute atomic E-state index is 0. The van der Waals surface area contributed by atoms with Crippen molar-refractivity contribution in [3.63, 3.8) is 0 Å². The summed E-state index contributed by atoms with van der Waals surface area (Å²) in [6, 6.07) is 10.3. The molecule has 3 rings (SSSR count). The highest BCUT2D eigenvalue weighted by atomic mass is 127. The van der Waals surface area contributed by atoms with Crippen molar-refractivity contribution in [2.45, 2.75) is 33.1 Å². The summed E-state index contributed by atoms with van der Waals surface area (Å²) in [5, 5.41) is 8.13. The van der Waals surface area contributed by atoms with E-state index in [1.807, 2.05) is 22.9 Å². The number of aryl methyl sites for hydroxylation is 2. The second-order valence-electron chi connectivity index (χ2n) is 8.03. The quantitative estimate of drug-likeness (QED) is 0.199. The first kappa shape index (κ1) is 26.6. The van der Waals surface area contributed by atoms with Crippen LogP contribution in [0.15, 0.2) is 41.5 Å². The van der Waals surface area contributed by atoms with Gasteiger partial charge < -0.3 is 19.7 Å². The van der Waals surface area contributed by atoms with E-state index in [0.29, 0.717) is 19.1 Å². The van der Waals surface area contributed by atoms with Gasteiger partial charge in [-0.25, -0.2) is 4.68 Å². The predicted molar refractivity (Wildman–Crippen MR) is 140 cm³/mol. The van der Waals surface area contributed by atoms with Gasteiger partial charge in [0.15, 0.2) is 5.96 Å². The zero-order valence-corrected chi connectivity index (χ0v) is 22.0. The number of benzene rings is 1. The molecule has 1 aromatic carbocycles. The largest absolute Gasteiger partial charge is 0.382 e. The Balaban J connectivity index is 0.00000363. The van der Waals surface area contributed by atoms with Crippen LogP contribution >= 0.6 is 24.0 Å². The van der Waals surface area contributed by atoms with Gasteiger partial charge in [-0.15, -0.1) is 24.0 Å². The number of guanidine groups is 1. The van der Waals surface area contributed by atoms with E-state index in [1.54, 1.807) is 7.11 Å². The lowest BCUT2D eigenvalue weighted by Gasteiger charge is -2.21. The lowest BCUT2D eigenvalue weighted by Crippen LogP contribution is -2.40. The zero-order valence-electron chi connectivity index (χ0n) is 19.6. The SMILES string of the molecule is CCNC(=NCCCc1cn(-c2ccccc2)nc1C)N1CCC(COCCOC)C1.I. The maximum Gasteiger partial charge on any atom is 0.193 e. The number of rotatable bonds is 11. The van der Waals surface area contributed by atoms with Crippen molar-refractivity contribution in [2.75, 3.05) is 53.1 Å². The monoisotopic (exact) mass is 555 g/mol. The van der Waals surface area contributed by atoms with E-state index in [1.165, 1.54) is 5.56 Å². The third-order valence-corrected chi connectivity index (χ3v) is 5.59. The number of hydrogen-bond donors (Lipinski definition) is 1. The summed E-state index contributed by atoms with van der Waals surface area (Å²) in [5.74, 6) is 1.59. The average Bonchev–Trinajstić information content (AvgIpc) is 3.41. The van der Waals surface area contributed by atoms with Gasteiger partial charge in [-0.2, -0.15) is 5.10 Å². The molecule has 2 heterocycles. The number of halogens is 1. The third-order valence-electron chi connectivity index (χ3n) is 5.59. The van der Waals surface area contributed by atoms with E-state index in [9.17, 15) is 0 Å². The third kappa shape index (κ3) is 8.04. The lowest BCUT2D eigenvalue weighted by atomic mass is 10.1. The van der Waals surface area contributed by atoms with Gasteiger partial charge in [-0.3, -0.25) is 4.99 Å². The van der Waals surface area contributed by atoms with Crippen LogP contribution in [-0.4, -0.2) is 73.7 Å². The minimum atomic E-state index is 0. The Labute approximate surface area is 209 Å². The summed E-state index contributed by atoms with van der Waals surface area (Å²) in [5.41, 5.74) is 3.48. The molecule has 0 aliphatic carbocycles. The minimum Gasteiger partial charge on any atom is -0.382 e. The molecule has 1 saturated heterocycles. The van der Waals surface area contributed by atoms with Crippen LogP contribution in [0.2, 0.25) is 0 Å². The summed E-state index contributed by atoms with van der Waals surface area (Å²) < 4.78 is 12.7. The molecule has 1 fully saturated rings. The average molecular weight is 556 g/mol. The first-order valence-corrected chi connectivity index (χ1v) is 11.4. The predicted octanol–water partition coefficient (Wildman–Crippen LogP) is 3.68. The van der Waals surface area contributed by atoms with Crippen LogP contribution in [-0.2, 0) is 15.9 Å². The number of aliphatic imine (C=N–C) groups is 1. The van der Waals surface area contributed by atoms with Crippen LogP contribution in [0, 0.1) is 12.8 Å². The maximum absolute atomic E-state index is 5.72. The maximum atomic E-state index is 5.72. The highest BCUT2D eigenvalue weighted by Gasteiger charge is 2.24. The Morgan fingerprint density at radius 3 is 2.81 bits per heavy atom. The molecular weight excluding hydrogens is 517 g/mol. The molecule has 8 heteroatoms. The van der Waals surface area contributed by atoms with E-state index < -0.39 is 0 Å². The summed E-state index contributed by atoms with van der Waals surface area (Å²) in [4.78, 5) is 7.26. The van der Waals surface area contributed by atoms with Gasteiger partial charge in [-0.05, 0) is 50.8 Å². The Hall–Kier alpha value is -1.65. The Morgan fingerprint density at radius 2 is 2.06 bits per heavy atom. The molecule has 2 aromatic rings. The Kier molecular flexibility index (Phi) is 12.0. The Bertz CT molecular complexity index is 812. The van der Waals surface area contributed by atoms with Gasteiger partial charge in [0.25, 0.3) is 0 Å². The smallest absolute Gasteiger partial charge is 0.193 e. The van der Waals surface area contributed by atoms with E-state index in [4.69, 9.17) is 14.5 Å². The van der Waals surface area contributed by atoms with Crippen LogP contribution in [0.3, 0.4) is 0 Å². The number of nitrogens with one attached hydrogen (secondary N) is 1. The molecule has 0 saturated carbocycles. The van der Waals surface area contributed by atoms with Gasteiger partial charge in [-0.1, -0.05) is 18.2 Å². The molecular formula is C24H38IN5O2. The number of methoxy groups -OCH3 is 1. The molecule has 0 amide bonds. The highest BCUT2D eigenvalue weighted by molar-refractivity contribution is 14.0. The van der Waals surface area contributed by atoms with Crippen molar-refractivity contribution < 1.29 is 9.47 Å². The number of nitrogens with zero attached hydrogens (tertiary/aromatic N) is 4. The van der Waals surface area contributed by atoms with Crippen molar-refractivity contribution in [2.24, 2.45) is 10.9 Å². The molecule has 0 radical (unpaired) electrons. The molecule has 178 valence electrons. The lowest BCUT2D eigenvalue weighted by molar-refractivity contribution is 0.0536. The normalized spacial score (nSPS) is 16.3. The fourth-order valence-electron chi connectivity index (χ4n) is 3.89. The van der Waals surface area contributed by atoms with Gasteiger partial charge in [0.05, 0.1) is 31.2 Å². The molecule has 32 heavy (non-hydrogen) atoms.